The zero-order chi connectivity index (χ0) is 13.8. The van der Waals surface area contributed by atoms with Crippen molar-refractivity contribution in [2.75, 3.05) is 6.54 Å². The molecule has 0 aliphatic rings. The number of aryl methyl sites for hydroxylation is 1. The minimum absolute atomic E-state index is 0.130. The molecule has 0 amide bonds. The van der Waals surface area contributed by atoms with E-state index in [4.69, 9.17) is 11.6 Å². The maximum Gasteiger partial charge on any atom is 0.0591 e. The highest BCUT2D eigenvalue weighted by Gasteiger charge is 2.16. The van der Waals surface area contributed by atoms with Gasteiger partial charge in [-0.2, -0.15) is 0 Å². The zero-order valence-corrected chi connectivity index (χ0v) is 13.4. The summed E-state index contributed by atoms with van der Waals surface area (Å²) < 4.78 is 1.13. The lowest BCUT2D eigenvalue weighted by molar-refractivity contribution is 0.630. The molecule has 1 N–H and O–H groups in total. The fraction of sp³-hybridized carbons (Fsp3) is 0.250. The van der Waals surface area contributed by atoms with Crippen molar-refractivity contribution >= 4 is 27.5 Å². The third kappa shape index (κ3) is 3.38. The van der Waals surface area contributed by atoms with Crippen molar-refractivity contribution in [3.8, 4) is 0 Å². The summed E-state index contributed by atoms with van der Waals surface area (Å²) in [7, 11) is 0. The molecule has 0 saturated heterocycles. The average Bonchev–Trinajstić information content (AvgIpc) is 2.40. The van der Waals surface area contributed by atoms with Gasteiger partial charge in [-0.25, -0.2) is 0 Å². The molecule has 0 fully saturated rings. The highest BCUT2D eigenvalue weighted by atomic mass is 79.9. The molecule has 2 aromatic carbocycles. The Morgan fingerprint density at radius 3 is 2.58 bits per heavy atom. The van der Waals surface area contributed by atoms with Crippen LogP contribution in [0.15, 0.2) is 46.9 Å². The van der Waals surface area contributed by atoms with Crippen LogP contribution in [0.3, 0.4) is 0 Å². The van der Waals surface area contributed by atoms with E-state index < -0.39 is 0 Å². The second kappa shape index (κ2) is 6.56. The summed E-state index contributed by atoms with van der Waals surface area (Å²) in [5, 5.41) is 4.30. The van der Waals surface area contributed by atoms with Crippen LogP contribution in [0, 0.1) is 6.92 Å². The monoisotopic (exact) mass is 337 g/mol. The zero-order valence-electron chi connectivity index (χ0n) is 11.1. The predicted octanol–water partition coefficient (Wildman–Crippen LogP) is 5.11. The number of nitrogens with one attached hydrogen (secondary N) is 1. The van der Waals surface area contributed by atoms with Crippen molar-refractivity contribution in [1.82, 2.24) is 5.32 Å². The van der Waals surface area contributed by atoms with E-state index in [1.165, 1.54) is 11.1 Å². The van der Waals surface area contributed by atoms with Crippen molar-refractivity contribution in [2.24, 2.45) is 0 Å². The van der Waals surface area contributed by atoms with E-state index in [-0.39, 0.29) is 6.04 Å². The van der Waals surface area contributed by atoms with Crippen LogP contribution >= 0.6 is 27.5 Å². The summed E-state index contributed by atoms with van der Waals surface area (Å²) in [5.74, 6) is 0. The Bertz CT molecular complexity index is 568. The first-order valence-electron chi connectivity index (χ1n) is 6.37. The van der Waals surface area contributed by atoms with Crippen LogP contribution in [0.1, 0.15) is 29.7 Å². The van der Waals surface area contributed by atoms with E-state index in [2.05, 4.69) is 59.4 Å². The van der Waals surface area contributed by atoms with E-state index in [1.807, 2.05) is 18.2 Å². The Kier molecular flexibility index (Phi) is 5.03. The standard InChI is InChI=1S/C16H17BrClN/c1-3-19-16(13-6-4-5-7-15(13)18)12-8-9-14(17)11(2)10-12/h4-10,16,19H,3H2,1-2H3. The summed E-state index contributed by atoms with van der Waals surface area (Å²) in [6, 6.07) is 14.5. The van der Waals surface area contributed by atoms with Crippen LogP contribution in [0.2, 0.25) is 5.02 Å². The largest absolute Gasteiger partial charge is 0.306 e. The molecular formula is C16H17BrClN. The molecule has 0 saturated carbocycles. The van der Waals surface area contributed by atoms with Gasteiger partial charge >= 0.3 is 0 Å². The van der Waals surface area contributed by atoms with E-state index in [1.54, 1.807) is 0 Å². The molecule has 0 radical (unpaired) electrons. The lowest BCUT2D eigenvalue weighted by atomic mass is 9.97. The average molecular weight is 339 g/mol. The van der Waals surface area contributed by atoms with Gasteiger partial charge in [-0.1, -0.05) is 64.8 Å². The van der Waals surface area contributed by atoms with Crippen LogP contribution < -0.4 is 5.32 Å². The molecular weight excluding hydrogens is 322 g/mol. The second-order valence-corrected chi connectivity index (χ2v) is 5.78. The third-order valence-corrected chi connectivity index (χ3v) is 4.37. The van der Waals surface area contributed by atoms with E-state index in [9.17, 15) is 0 Å². The fourth-order valence-corrected chi connectivity index (χ4v) is 2.66. The third-order valence-electron chi connectivity index (χ3n) is 3.14. The fourth-order valence-electron chi connectivity index (χ4n) is 2.17. The summed E-state index contributed by atoms with van der Waals surface area (Å²) in [6.45, 7) is 5.10. The van der Waals surface area contributed by atoms with Gasteiger partial charge in [0.25, 0.3) is 0 Å². The summed E-state index contributed by atoms with van der Waals surface area (Å²) >= 11 is 9.87. The summed E-state index contributed by atoms with van der Waals surface area (Å²) in [5.41, 5.74) is 3.58. The lowest BCUT2D eigenvalue weighted by Gasteiger charge is -2.21. The van der Waals surface area contributed by atoms with Gasteiger partial charge in [0.1, 0.15) is 0 Å². The Labute approximate surface area is 128 Å². The first-order valence-corrected chi connectivity index (χ1v) is 7.54. The van der Waals surface area contributed by atoms with Crippen LogP contribution in [-0.2, 0) is 0 Å². The van der Waals surface area contributed by atoms with Gasteiger partial charge in [0.2, 0.25) is 0 Å². The van der Waals surface area contributed by atoms with Crippen LogP contribution in [0.25, 0.3) is 0 Å². The molecule has 0 spiro atoms. The van der Waals surface area contributed by atoms with Gasteiger partial charge in [0, 0.05) is 9.50 Å². The van der Waals surface area contributed by atoms with Crippen molar-refractivity contribution in [3.63, 3.8) is 0 Å². The maximum absolute atomic E-state index is 6.33. The Balaban J connectivity index is 2.45. The van der Waals surface area contributed by atoms with Gasteiger partial charge in [0.15, 0.2) is 0 Å². The molecule has 3 heteroatoms. The smallest absolute Gasteiger partial charge is 0.0591 e. The highest BCUT2D eigenvalue weighted by molar-refractivity contribution is 9.10. The van der Waals surface area contributed by atoms with E-state index >= 15 is 0 Å². The van der Waals surface area contributed by atoms with Crippen molar-refractivity contribution in [2.45, 2.75) is 19.9 Å². The highest BCUT2D eigenvalue weighted by Crippen LogP contribution is 2.30. The molecule has 0 aliphatic carbocycles. The van der Waals surface area contributed by atoms with E-state index in [0.29, 0.717) is 0 Å². The minimum atomic E-state index is 0.130. The number of hydrogen-bond acceptors (Lipinski definition) is 1. The van der Waals surface area contributed by atoms with Crippen molar-refractivity contribution < 1.29 is 0 Å². The predicted molar refractivity (Wildman–Crippen MR) is 85.9 cm³/mol. The number of halogens is 2. The summed E-state index contributed by atoms with van der Waals surface area (Å²) in [4.78, 5) is 0. The van der Waals surface area contributed by atoms with Crippen LogP contribution in [-0.4, -0.2) is 6.54 Å². The van der Waals surface area contributed by atoms with Gasteiger partial charge < -0.3 is 5.32 Å². The minimum Gasteiger partial charge on any atom is -0.306 e. The molecule has 1 unspecified atom stereocenters. The first kappa shape index (κ1) is 14.6. The van der Waals surface area contributed by atoms with E-state index in [0.717, 1.165) is 21.6 Å². The number of hydrogen-bond donors (Lipinski definition) is 1. The molecule has 19 heavy (non-hydrogen) atoms. The number of rotatable bonds is 4. The van der Waals surface area contributed by atoms with Gasteiger partial charge in [-0.3, -0.25) is 0 Å². The Morgan fingerprint density at radius 2 is 1.95 bits per heavy atom. The molecule has 0 aromatic heterocycles. The molecule has 2 rings (SSSR count). The Morgan fingerprint density at radius 1 is 1.21 bits per heavy atom. The molecule has 1 nitrogen and oxygen atoms in total. The van der Waals surface area contributed by atoms with Crippen LogP contribution in [0.5, 0.6) is 0 Å². The maximum atomic E-state index is 6.33. The molecule has 100 valence electrons. The van der Waals surface area contributed by atoms with Gasteiger partial charge in [-0.05, 0) is 42.3 Å². The van der Waals surface area contributed by atoms with Crippen molar-refractivity contribution in [1.29, 1.82) is 0 Å². The molecule has 2 aromatic rings. The molecule has 0 aliphatic heterocycles. The lowest BCUT2D eigenvalue weighted by Crippen LogP contribution is -2.22. The SMILES string of the molecule is CCNC(c1ccc(Br)c(C)c1)c1ccccc1Cl. The van der Waals surface area contributed by atoms with Crippen LogP contribution in [0.4, 0.5) is 0 Å². The topological polar surface area (TPSA) is 12.0 Å². The number of benzene rings is 2. The molecule has 0 bridgehead atoms. The Hall–Kier alpha value is -0.830. The van der Waals surface area contributed by atoms with Gasteiger partial charge in [-0.15, -0.1) is 0 Å². The summed E-state index contributed by atoms with van der Waals surface area (Å²) in [6.07, 6.45) is 0. The van der Waals surface area contributed by atoms with Gasteiger partial charge in [0.05, 0.1) is 6.04 Å². The molecule has 0 heterocycles. The second-order valence-electron chi connectivity index (χ2n) is 4.52. The normalized spacial score (nSPS) is 12.4. The molecule has 1 atom stereocenters. The first-order chi connectivity index (χ1) is 9.13. The van der Waals surface area contributed by atoms with Crippen molar-refractivity contribution in [3.05, 3.63) is 68.7 Å². The quantitative estimate of drug-likeness (QED) is 0.817.